The number of phenols is 1. The molecule has 37 heavy (non-hydrogen) atoms. The number of likely N-dealkylation sites (N-methyl/N-ethyl adjacent to an activating group) is 1. The summed E-state index contributed by atoms with van der Waals surface area (Å²) >= 11 is 0. The monoisotopic (exact) mass is 510 g/mol. The fourth-order valence-corrected chi connectivity index (χ4v) is 7.10. The molecule has 4 aliphatic heterocycles. The van der Waals surface area contributed by atoms with Crippen LogP contribution in [0.5, 0.6) is 34.5 Å². The first-order chi connectivity index (χ1) is 17.8. The molecule has 2 bridgehead atoms. The molecule has 1 unspecified atom stereocenters. The number of phenolic OH excluding ortho intramolecular Hbond substituents is 1. The minimum absolute atomic E-state index is 0.0829. The fourth-order valence-electron chi connectivity index (χ4n) is 7.10. The van der Waals surface area contributed by atoms with E-state index in [9.17, 15) is 5.11 Å². The van der Waals surface area contributed by atoms with Gasteiger partial charge < -0.3 is 38.4 Å². The number of methoxy groups -OCH3 is 5. The van der Waals surface area contributed by atoms with Crippen LogP contribution < -0.4 is 23.7 Å². The lowest BCUT2D eigenvalue weighted by atomic mass is 9.77. The molecule has 0 spiro atoms. The molecular weight excluding hydrogens is 476 g/mol. The zero-order chi connectivity index (χ0) is 26.3. The van der Waals surface area contributed by atoms with E-state index in [0.717, 1.165) is 45.7 Å². The Bertz CT molecular complexity index is 1340. The van der Waals surface area contributed by atoms with Crippen molar-refractivity contribution < 1.29 is 33.5 Å². The van der Waals surface area contributed by atoms with Gasteiger partial charge in [-0.15, -0.1) is 0 Å². The third-order valence-electron chi connectivity index (χ3n) is 8.63. The molecule has 0 aliphatic carbocycles. The molecule has 0 saturated carbocycles. The maximum atomic E-state index is 11.4. The largest absolute Gasteiger partial charge is 0.507 e. The van der Waals surface area contributed by atoms with E-state index in [1.54, 1.807) is 35.5 Å². The number of hydrogen-bond acceptors (Lipinski definition) is 9. The van der Waals surface area contributed by atoms with Crippen LogP contribution in [0.2, 0.25) is 0 Å². The molecule has 0 amide bonds. The highest BCUT2D eigenvalue weighted by atomic mass is 16.5. The highest BCUT2D eigenvalue weighted by molar-refractivity contribution is 5.77. The van der Waals surface area contributed by atoms with E-state index in [-0.39, 0.29) is 30.1 Å². The van der Waals surface area contributed by atoms with Gasteiger partial charge in [0.25, 0.3) is 0 Å². The normalized spacial score (nSPS) is 25.1. The Kier molecular flexibility index (Phi) is 5.44. The molecule has 2 fully saturated rings. The maximum absolute atomic E-state index is 11.4. The van der Waals surface area contributed by atoms with Gasteiger partial charge >= 0.3 is 0 Å². The Morgan fingerprint density at radius 2 is 1.43 bits per heavy atom. The molecule has 2 aromatic rings. The Labute approximate surface area is 217 Å². The van der Waals surface area contributed by atoms with E-state index in [4.69, 9.17) is 28.4 Å². The summed E-state index contributed by atoms with van der Waals surface area (Å²) in [5, 5.41) is 11.4. The van der Waals surface area contributed by atoms with Crippen molar-refractivity contribution in [3.63, 3.8) is 0 Å². The van der Waals surface area contributed by atoms with Gasteiger partial charge in [0.05, 0.1) is 60.3 Å². The smallest absolute Gasteiger partial charge is 0.167 e. The van der Waals surface area contributed by atoms with Gasteiger partial charge in [-0.1, -0.05) is 0 Å². The summed E-state index contributed by atoms with van der Waals surface area (Å²) in [5.74, 6) is 3.57. The number of hydrogen-bond donors (Lipinski definition) is 1. The van der Waals surface area contributed by atoms with E-state index < -0.39 is 0 Å². The van der Waals surface area contributed by atoms with Gasteiger partial charge in [0.1, 0.15) is 17.7 Å². The molecular formula is C28H34N2O7. The predicted octanol–water partition coefficient (Wildman–Crippen LogP) is 3.72. The van der Waals surface area contributed by atoms with Crippen molar-refractivity contribution >= 4 is 6.08 Å². The van der Waals surface area contributed by atoms with Crippen LogP contribution in [0.25, 0.3) is 6.08 Å². The van der Waals surface area contributed by atoms with Crippen molar-refractivity contribution in [2.45, 2.75) is 44.6 Å². The van der Waals surface area contributed by atoms with Crippen molar-refractivity contribution in [1.29, 1.82) is 0 Å². The Morgan fingerprint density at radius 3 is 2.05 bits per heavy atom. The van der Waals surface area contributed by atoms with Crippen molar-refractivity contribution in [3.05, 3.63) is 39.1 Å². The van der Waals surface area contributed by atoms with E-state index in [0.29, 0.717) is 35.2 Å². The van der Waals surface area contributed by atoms with Gasteiger partial charge in [-0.25, -0.2) is 0 Å². The lowest BCUT2D eigenvalue weighted by Gasteiger charge is -2.55. The quantitative estimate of drug-likeness (QED) is 0.647. The van der Waals surface area contributed by atoms with Crippen LogP contribution in [0.4, 0.5) is 0 Å². The molecule has 9 heteroatoms. The van der Waals surface area contributed by atoms with Crippen molar-refractivity contribution in [2.75, 3.05) is 49.2 Å². The first-order valence-corrected chi connectivity index (χ1v) is 12.5. The van der Waals surface area contributed by atoms with Crippen LogP contribution in [0.1, 0.15) is 45.5 Å². The number of benzene rings is 2. The molecule has 0 aromatic heterocycles. The lowest BCUT2D eigenvalue weighted by molar-refractivity contribution is -0.0729. The number of aromatic hydroxyl groups is 1. The average Bonchev–Trinajstić information content (AvgIpc) is 3.33. The average molecular weight is 511 g/mol. The third-order valence-corrected chi connectivity index (χ3v) is 8.63. The number of nitrogens with zero attached hydrogens (tertiary/aromatic N) is 2. The maximum Gasteiger partial charge on any atom is 0.167 e. The van der Waals surface area contributed by atoms with E-state index in [2.05, 4.69) is 22.9 Å². The van der Waals surface area contributed by atoms with Crippen LogP contribution in [-0.4, -0.2) is 76.4 Å². The second kappa shape index (κ2) is 8.36. The van der Waals surface area contributed by atoms with E-state index in [1.165, 1.54) is 0 Å². The van der Waals surface area contributed by atoms with Crippen LogP contribution >= 0.6 is 0 Å². The first kappa shape index (κ1) is 24.1. The van der Waals surface area contributed by atoms with Gasteiger partial charge in [-0.3, -0.25) is 4.90 Å². The number of fused-ring (bicyclic) bond motifs is 8. The summed E-state index contributed by atoms with van der Waals surface area (Å²) in [7, 11) is 10.4. The van der Waals surface area contributed by atoms with Gasteiger partial charge in [-0.2, -0.15) is 0 Å². The molecule has 0 radical (unpaired) electrons. The number of ether oxygens (including phenoxy) is 6. The minimum Gasteiger partial charge on any atom is -0.507 e. The van der Waals surface area contributed by atoms with Gasteiger partial charge in [0.15, 0.2) is 23.0 Å². The summed E-state index contributed by atoms with van der Waals surface area (Å²) in [5.41, 5.74) is 6.35. The molecule has 4 heterocycles. The summed E-state index contributed by atoms with van der Waals surface area (Å²) in [6.07, 6.45) is 2.64. The van der Waals surface area contributed by atoms with E-state index in [1.807, 2.05) is 13.8 Å². The summed E-state index contributed by atoms with van der Waals surface area (Å²) in [6, 6.07) is -0.205. The highest BCUT2D eigenvalue weighted by Crippen LogP contribution is 2.61. The topological polar surface area (TPSA) is 82.1 Å². The molecule has 2 saturated heterocycles. The van der Waals surface area contributed by atoms with Crippen LogP contribution in [0, 0.1) is 13.8 Å². The molecule has 4 atom stereocenters. The highest BCUT2D eigenvalue weighted by Gasteiger charge is 2.57. The van der Waals surface area contributed by atoms with Crippen molar-refractivity contribution in [3.8, 4) is 34.5 Å². The first-order valence-electron chi connectivity index (χ1n) is 12.5. The standard InChI is InChI=1S/C28H34N2O7/c1-12-22(31)14-9-16-21-20-15(23(32-4)13(2)25(34-6)27(20)36-8)10-17(29(21)3)28-30(16)18(11-37-28)19(14)26(35-7)24(12)33-5/h9,17-18,21,28,31H,10-11H2,1-8H3/t17-,18-,21-,28?/m0/s1. The molecule has 1 N–H and O–H groups in total. The molecule has 2 aromatic carbocycles. The van der Waals surface area contributed by atoms with Crippen LogP contribution in [0.15, 0.2) is 5.70 Å². The van der Waals surface area contributed by atoms with Gasteiger partial charge in [0, 0.05) is 39.1 Å². The molecule has 4 aliphatic rings. The molecule has 6 rings (SSSR count). The predicted molar refractivity (Wildman–Crippen MR) is 137 cm³/mol. The summed E-state index contributed by atoms with van der Waals surface area (Å²) in [6.45, 7) is 4.32. The zero-order valence-electron chi connectivity index (χ0n) is 22.6. The second-order valence-corrected chi connectivity index (χ2v) is 10.0. The Morgan fingerprint density at radius 1 is 0.838 bits per heavy atom. The lowest BCUT2D eigenvalue weighted by Crippen LogP contribution is -2.60. The molecule has 9 nitrogen and oxygen atoms in total. The third kappa shape index (κ3) is 2.87. The Balaban J connectivity index is 1.68. The number of piperazine rings is 1. The molecule has 198 valence electrons. The Hall–Kier alpha value is -3.30. The zero-order valence-corrected chi connectivity index (χ0v) is 22.6. The second-order valence-electron chi connectivity index (χ2n) is 10.0. The minimum atomic E-state index is -0.170. The van der Waals surface area contributed by atoms with Gasteiger partial charge in [0.2, 0.25) is 0 Å². The SMILES string of the molecule is COc1c(C)c(OC)c(OC)c2c1C[C@H]1C3OC[C@H]4c5c(c(O)c(C)c(OC)c5OC)C=C([C@@H]2N1C)N34. The van der Waals surface area contributed by atoms with Gasteiger partial charge in [-0.05, 0) is 33.4 Å². The number of rotatable bonds is 5. The fraction of sp³-hybridized carbons (Fsp3) is 0.500. The van der Waals surface area contributed by atoms with E-state index >= 15 is 0 Å². The van der Waals surface area contributed by atoms with Crippen LogP contribution in [0.3, 0.4) is 0 Å². The summed E-state index contributed by atoms with van der Waals surface area (Å²) < 4.78 is 35.9. The van der Waals surface area contributed by atoms with Crippen LogP contribution in [-0.2, 0) is 11.2 Å². The summed E-state index contributed by atoms with van der Waals surface area (Å²) in [4.78, 5) is 4.71. The van der Waals surface area contributed by atoms with Crippen molar-refractivity contribution in [2.24, 2.45) is 0 Å². The van der Waals surface area contributed by atoms with Crippen molar-refractivity contribution in [1.82, 2.24) is 9.80 Å².